The molecule has 1 aliphatic rings. The molecule has 0 saturated carbocycles. The molecule has 0 aliphatic carbocycles. The lowest BCUT2D eigenvalue weighted by molar-refractivity contribution is -0.303. The summed E-state index contributed by atoms with van der Waals surface area (Å²) in [5.41, 5.74) is 0. The Morgan fingerprint density at radius 2 is 1.67 bits per heavy atom. The summed E-state index contributed by atoms with van der Waals surface area (Å²) in [7, 11) is 0. The van der Waals surface area contributed by atoms with Crippen LogP contribution in [0.4, 0.5) is 0 Å². The Kier molecular flexibility index (Phi) is 1.43. The number of benzene rings is 1. The monoisotopic (exact) mass is 159 g/mol. The van der Waals surface area contributed by atoms with Crippen molar-refractivity contribution in [2.75, 3.05) is 0 Å². The zero-order valence-electron chi connectivity index (χ0n) is 6.61. The number of nitrogens with zero attached hydrogens (tertiary/aromatic N) is 2. The number of fused-ring (bicyclic) bond motifs is 1. The summed E-state index contributed by atoms with van der Waals surface area (Å²) in [6, 6.07) is 7.44. The van der Waals surface area contributed by atoms with Crippen LogP contribution in [-0.2, 0) is 0 Å². The first kappa shape index (κ1) is 7.03. The fourth-order valence-corrected chi connectivity index (χ4v) is 1.06. The number of hydrogen-bond acceptors (Lipinski definition) is 3. The third kappa shape index (κ3) is 0.993. The van der Waals surface area contributed by atoms with Gasteiger partial charge in [0.15, 0.2) is 0 Å². The summed E-state index contributed by atoms with van der Waals surface area (Å²) >= 11 is 0. The number of rotatable bonds is 0. The Labute approximate surface area is 69.4 Å². The highest BCUT2D eigenvalue weighted by Gasteiger charge is 1.99. The smallest absolute Gasteiger partial charge is 0.141 e. The fourth-order valence-electron chi connectivity index (χ4n) is 1.06. The third-order valence-electron chi connectivity index (χ3n) is 1.65. The number of para-hydroxylation sites is 2. The van der Waals surface area contributed by atoms with Gasteiger partial charge in [-0.25, -0.2) is 9.98 Å². The maximum Gasteiger partial charge on any atom is 0.141 e. The van der Waals surface area contributed by atoms with E-state index in [4.69, 9.17) is 0 Å². The van der Waals surface area contributed by atoms with E-state index < -0.39 is 0 Å². The summed E-state index contributed by atoms with van der Waals surface area (Å²) in [5.74, 6) is 0.211. The average molecular weight is 159 g/mol. The highest BCUT2D eigenvalue weighted by atomic mass is 16.3. The van der Waals surface area contributed by atoms with Crippen molar-refractivity contribution in [3.05, 3.63) is 46.6 Å². The van der Waals surface area contributed by atoms with Crippen molar-refractivity contribution in [3.8, 4) is 0 Å². The van der Waals surface area contributed by atoms with E-state index in [0.29, 0.717) is 5.82 Å². The van der Waals surface area contributed by atoms with Crippen LogP contribution in [0.5, 0.6) is 0 Å². The van der Waals surface area contributed by atoms with E-state index >= 15 is 0 Å². The van der Waals surface area contributed by atoms with E-state index in [1.165, 1.54) is 6.92 Å². The minimum atomic E-state index is -0.0915. The minimum Gasteiger partial charge on any atom is -0.873 e. The van der Waals surface area contributed by atoms with Gasteiger partial charge in [0.2, 0.25) is 0 Å². The molecular formula is C9H7N2O-. The molecule has 0 spiro atoms. The molecule has 0 fully saturated rings. The molecule has 0 atom stereocenters. The van der Waals surface area contributed by atoms with Crippen LogP contribution in [0.2, 0.25) is 0 Å². The van der Waals surface area contributed by atoms with Crippen LogP contribution >= 0.6 is 0 Å². The topological polar surface area (TPSA) is 47.8 Å². The molecule has 0 radical (unpaired) electrons. The van der Waals surface area contributed by atoms with Crippen LogP contribution in [0.15, 0.2) is 45.8 Å². The standard InChI is InChI=1S/C9H8N2O/c1-6(12)9-10-7-4-2-3-5-8(7)11-9/h2-5,12H,1H3/p-1. The van der Waals surface area contributed by atoms with Crippen LogP contribution < -0.4 is 15.8 Å². The van der Waals surface area contributed by atoms with E-state index in [0.717, 1.165) is 10.7 Å². The van der Waals surface area contributed by atoms with Gasteiger partial charge in [-0.15, -0.1) is 0 Å². The molecule has 3 heteroatoms. The van der Waals surface area contributed by atoms with E-state index in [-0.39, 0.29) is 5.76 Å². The van der Waals surface area contributed by atoms with Crippen LogP contribution in [0.25, 0.3) is 0 Å². The van der Waals surface area contributed by atoms with Gasteiger partial charge in [-0.1, -0.05) is 24.8 Å². The highest BCUT2D eigenvalue weighted by Crippen LogP contribution is 2.01. The van der Waals surface area contributed by atoms with E-state index in [1.807, 2.05) is 24.3 Å². The molecule has 1 aromatic rings. The lowest BCUT2D eigenvalue weighted by Crippen LogP contribution is -2.19. The average Bonchev–Trinajstić information content (AvgIpc) is 2.46. The van der Waals surface area contributed by atoms with Gasteiger partial charge in [-0.05, 0) is 12.1 Å². The fraction of sp³-hybridized carbons (Fsp3) is 0.111. The molecule has 1 heterocycles. The summed E-state index contributed by atoms with van der Waals surface area (Å²) < 4.78 is 0. The summed E-state index contributed by atoms with van der Waals surface area (Å²) in [6.07, 6.45) is 0. The second-order valence-corrected chi connectivity index (χ2v) is 2.59. The van der Waals surface area contributed by atoms with Crippen molar-refractivity contribution in [1.29, 1.82) is 0 Å². The number of allylic oxidation sites excluding steroid dienone is 1. The predicted molar refractivity (Wildman–Crippen MR) is 41.5 cm³/mol. The molecule has 60 valence electrons. The zero-order valence-corrected chi connectivity index (χ0v) is 6.61. The first-order valence-electron chi connectivity index (χ1n) is 3.68. The molecule has 2 rings (SSSR count). The van der Waals surface area contributed by atoms with Gasteiger partial charge in [0.25, 0.3) is 0 Å². The predicted octanol–water partition coefficient (Wildman–Crippen LogP) is -0.511. The molecule has 0 N–H and O–H groups in total. The maximum atomic E-state index is 10.9. The van der Waals surface area contributed by atoms with E-state index in [2.05, 4.69) is 9.98 Å². The van der Waals surface area contributed by atoms with E-state index in [9.17, 15) is 5.11 Å². The van der Waals surface area contributed by atoms with Gasteiger partial charge < -0.3 is 5.11 Å². The lowest BCUT2D eigenvalue weighted by Gasteiger charge is -2.02. The second-order valence-electron chi connectivity index (χ2n) is 2.59. The molecule has 0 unspecified atom stereocenters. The molecular weight excluding hydrogens is 152 g/mol. The van der Waals surface area contributed by atoms with E-state index in [1.54, 1.807) is 0 Å². The van der Waals surface area contributed by atoms with Crippen molar-refractivity contribution in [1.82, 2.24) is 0 Å². The molecule has 0 amide bonds. The molecule has 1 aromatic carbocycles. The largest absolute Gasteiger partial charge is 0.873 e. The zero-order chi connectivity index (χ0) is 8.55. The Balaban J connectivity index is 2.77. The van der Waals surface area contributed by atoms with Gasteiger partial charge in [0.05, 0.1) is 10.7 Å². The molecule has 0 aromatic heterocycles. The normalized spacial score (nSPS) is 13.2. The first-order valence-corrected chi connectivity index (χ1v) is 3.68. The van der Waals surface area contributed by atoms with Gasteiger partial charge in [0, 0.05) is 0 Å². The third-order valence-corrected chi connectivity index (χ3v) is 1.65. The van der Waals surface area contributed by atoms with Crippen LogP contribution in [-0.4, -0.2) is 0 Å². The SMILES string of the molecule is CC([O-])=C1N=c2ccccc2=N1. The maximum absolute atomic E-state index is 10.9. The summed E-state index contributed by atoms with van der Waals surface area (Å²) in [6.45, 7) is 1.47. The summed E-state index contributed by atoms with van der Waals surface area (Å²) in [4.78, 5) is 8.10. The Bertz CT molecular complexity index is 419. The Morgan fingerprint density at radius 3 is 2.08 bits per heavy atom. The van der Waals surface area contributed by atoms with Crippen molar-refractivity contribution in [2.45, 2.75) is 6.92 Å². The van der Waals surface area contributed by atoms with Crippen LogP contribution in [0.3, 0.4) is 0 Å². The summed E-state index contributed by atoms with van der Waals surface area (Å²) in [5, 5.41) is 12.5. The van der Waals surface area contributed by atoms with Crippen molar-refractivity contribution < 1.29 is 5.11 Å². The van der Waals surface area contributed by atoms with Crippen LogP contribution in [0.1, 0.15) is 6.92 Å². The van der Waals surface area contributed by atoms with Crippen molar-refractivity contribution >= 4 is 0 Å². The van der Waals surface area contributed by atoms with Gasteiger partial charge in [-0.3, -0.25) is 0 Å². The molecule has 3 nitrogen and oxygen atoms in total. The quantitative estimate of drug-likeness (QED) is 0.470. The lowest BCUT2D eigenvalue weighted by atomic mass is 10.3. The Morgan fingerprint density at radius 1 is 1.17 bits per heavy atom. The van der Waals surface area contributed by atoms with Crippen molar-refractivity contribution in [2.24, 2.45) is 9.98 Å². The molecule has 12 heavy (non-hydrogen) atoms. The second kappa shape index (κ2) is 2.44. The molecule has 1 aliphatic heterocycles. The number of hydrogen-bond donors (Lipinski definition) is 0. The van der Waals surface area contributed by atoms with Crippen LogP contribution in [0, 0.1) is 0 Å². The molecule has 0 saturated heterocycles. The first-order chi connectivity index (χ1) is 5.77. The van der Waals surface area contributed by atoms with Gasteiger partial charge in [-0.2, -0.15) is 0 Å². The minimum absolute atomic E-state index is 0.0915. The van der Waals surface area contributed by atoms with Gasteiger partial charge >= 0.3 is 0 Å². The van der Waals surface area contributed by atoms with Crippen molar-refractivity contribution in [3.63, 3.8) is 0 Å². The highest BCUT2D eigenvalue weighted by molar-refractivity contribution is 5.13. The Hall–Kier alpha value is -1.64. The van der Waals surface area contributed by atoms with Gasteiger partial charge in [0.1, 0.15) is 5.82 Å². The molecule has 0 bridgehead atoms.